The lowest BCUT2D eigenvalue weighted by Gasteiger charge is -2.31. The van der Waals surface area contributed by atoms with Crippen molar-refractivity contribution < 1.29 is 27.3 Å². The Morgan fingerprint density at radius 2 is 1.03 bits per heavy atom. The number of hydrogen-bond donors (Lipinski definition) is 0. The van der Waals surface area contributed by atoms with Crippen LogP contribution in [0.25, 0.3) is 0 Å². The van der Waals surface area contributed by atoms with E-state index in [9.17, 15) is 9.59 Å². The molecule has 37 heavy (non-hydrogen) atoms. The van der Waals surface area contributed by atoms with Gasteiger partial charge in [0.1, 0.15) is 0 Å². The molecule has 0 aliphatic carbocycles. The van der Waals surface area contributed by atoms with E-state index >= 15 is 0 Å². The van der Waals surface area contributed by atoms with E-state index in [2.05, 4.69) is 72.1 Å². The molecular formula is C27H70O6Si4. The molecule has 0 rings (SSSR count). The second-order valence-corrected chi connectivity index (χ2v) is 26.8. The molecule has 6 nitrogen and oxygen atoms in total. The van der Waals surface area contributed by atoms with Gasteiger partial charge in [-0.05, 0) is 84.9 Å². The van der Waals surface area contributed by atoms with Crippen LogP contribution in [0.1, 0.15) is 71.2 Å². The maximum absolute atomic E-state index is 11.4. The zero-order valence-electron chi connectivity index (χ0n) is 21.8. The fraction of sp³-hybridized carbons (Fsp3) is 0.778. The lowest BCUT2D eigenvalue weighted by Crippen LogP contribution is -2.42. The smallest absolute Gasteiger partial charge is 0.310 e. The Kier molecular flexibility index (Phi) is 38.9. The maximum atomic E-state index is 11.4. The molecule has 10 heteroatoms. The van der Waals surface area contributed by atoms with E-state index < -0.39 is 34.0 Å². The molecule has 1 unspecified atom stereocenters. The first kappa shape index (κ1) is 56.4. The summed E-state index contributed by atoms with van der Waals surface area (Å²) in [4.78, 5) is 22.6. The van der Waals surface area contributed by atoms with Gasteiger partial charge in [0.2, 0.25) is 0 Å². The third kappa shape index (κ3) is 45.5. The van der Waals surface area contributed by atoms with Crippen LogP contribution in [0.3, 0.4) is 0 Å². The van der Waals surface area contributed by atoms with Gasteiger partial charge in [0.05, 0.1) is 11.5 Å². The highest BCUT2D eigenvalue weighted by Crippen LogP contribution is 2.20. The van der Waals surface area contributed by atoms with Crippen LogP contribution in [0, 0.1) is 0 Å². The quantitative estimate of drug-likeness (QED) is 0.126. The molecule has 0 heterocycles. The van der Waals surface area contributed by atoms with E-state index in [1.165, 1.54) is 0 Å². The van der Waals surface area contributed by atoms with Crippen LogP contribution >= 0.6 is 0 Å². The summed E-state index contributed by atoms with van der Waals surface area (Å²) < 4.78 is 21.9. The summed E-state index contributed by atoms with van der Waals surface area (Å²) >= 11 is 0. The van der Waals surface area contributed by atoms with Gasteiger partial charge in [-0.2, -0.15) is 0 Å². The predicted molar refractivity (Wildman–Crippen MR) is 180 cm³/mol. The third-order valence-corrected chi connectivity index (χ3v) is 15.1. The molecular weight excluding hydrogens is 533 g/mol. The van der Waals surface area contributed by atoms with Crippen LogP contribution in [0.2, 0.25) is 71.0 Å². The lowest BCUT2D eigenvalue weighted by molar-refractivity contribution is -0.139. The van der Waals surface area contributed by atoms with Crippen molar-refractivity contribution in [1.29, 1.82) is 0 Å². The summed E-state index contributed by atoms with van der Waals surface area (Å²) in [5.74, 6) is 0.518. The average molecular weight is 603 g/mol. The number of allylic oxidation sites excluding steroid dienone is 2. The Labute approximate surface area is 239 Å². The van der Waals surface area contributed by atoms with Crippen LogP contribution in [-0.4, -0.2) is 45.9 Å². The molecule has 0 aliphatic rings. The molecule has 230 valence electrons. The Bertz CT molecular complexity index is 609. The molecule has 0 saturated carbocycles. The fourth-order valence-electron chi connectivity index (χ4n) is 2.76. The summed E-state index contributed by atoms with van der Waals surface area (Å²) in [6.45, 7) is 29.9. The number of esters is 2. The Morgan fingerprint density at radius 3 is 1.32 bits per heavy atom. The van der Waals surface area contributed by atoms with Crippen LogP contribution < -0.4 is 0 Å². The minimum atomic E-state index is -1.72. The molecule has 0 bridgehead atoms. The molecule has 0 spiro atoms. The van der Waals surface area contributed by atoms with Crippen molar-refractivity contribution in [1.82, 2.24) is 0 Å². The van der Waals surface area contributed by atoms with Gasteiger partial charge in [-0.25, -0.2) is 0 Å². The number of ether oxygens (including phenoxy) is 2. The maximum Gasteiger partial charge on any atom is 0.310 e. The standard InChI is InChI=1S/C11H24O3Si2.C10H22O3Si2.6CH4/c1-10(2)13-11(12)8-9-16(6,7)14-15(3,4)5;1-9(2)12-10(11)7-8-14(3)13-15(4,5)6;;;;;;/h1,8-9H2,2-7H3;14H,1,7-8H2,2-6H3;6*1H4. The highest BCUT2D eigenvalue weighted by Gasteiger charge is 2.30. The molecule has 0 saturated heterocycles. The van der Waals surface area contributed by atoms with E-state index in [0.29, 0.717) is 24.4 Å². The second kappa shape index (κ2) is 25.5. The van der Waals surface area contributed by atoms with E-state index in [1.807, 2.05) is 0 Å². The molecule has 0 aromatic heterocycles. The van der Waals surface area contributed by atoms with Crippen molar-refractivity contribution in [3.05, 3.63) is 24.7 Å². The van der Waals surface area contributed by atoms with Gasteiger partial charge >= 0.3 is 11.9 Å². The first-order valence-electron chi connectivity index (χ1n) is 10.8. The summed E-state index contributed by atoms with van der Waals surface area (Å²) in [5.41, 5.74) is 0. The fourth-order valence-corrected chi connectivity index (χ4v) is 16.5. The Balaban J connectivity index is -0.0000000653. The molecule has 0 radical (unpaired) electrons. The molecule has 0 amide bonds. The number of rotatable bonds is 12. The van der Waals surface area contributed by atoms with Crippen LogP contribution in [0.15, 0.2) is 24.7 Å². The summed E-state index contributed by atoms with van der Waals surface area (Å²) in [7, 11) is -5.86. The molecule has 0 aliphatic heterocycles. The summed E-state index contributed by atoms with van der Waals surface area (Å²) in [5, 5.41) is 0. The number of hydrogen-bond acceptors (Lipinski definition) is 6. The van der Waals surface area contributed by atoms with Gasteiger partial charge in [0.25, 0.3) is 0 Å². The van der Waals surface area contributed by atoms with Gasteiger partial charge in [-0.1, -0.05) is 57.7 Å². The number of carbonyl (C=O) groups is 2. The van der Waals surface area contributed by atoms with Crippen molar-refractivity contribution >= 4 is 45.9 Å². The van der Waals surface area contributed by atoms with Gasteiger partial charge in [-0.15, -0.1) is 0 Å². The topological polar surface area (TPSA) is 71.1 Å². The lowest BCUT2D eigenvalue weighted by atomic mass is 10.5. The molecule has 1 atom stereocenters. The third-order valence-electron chi connectivity index (χ3n) is 3.40. The molecule has 0 aromatic carbocycles. The summed E-state index contributed by atoms with van der Waals surface area (Å²) in [6, 6.07) is 1.65. The van der Waals surface area contributed by atoms with E-state index in [-0.39, 0.29) is 56.5 Å². The van der Waals surface area contributed by atoms with E-state index in [4.69, 9.17) is 17.7 Å². The average Bonchev–Trinajstić information content (AvgIpc) is 2.46. The van der Waals surface area contributed by atoms with Crippen LogP contribution in [-0.2, 0) is 27.3 Å². The highest BCUT2D eigenvalue weighted by molar-refractivity contribution is 6.84. The predicted octanol–water partition coefficient (Wildman–Crippen LogP) is 9.98. The molecule has 0 N–H and O–H groups in total. The zero-order valence-corrected chi connectivity index (χ0v) is 25.9. The summed E-state index contributed by atoms with van der Waals surface area (Å²) in [6.07, 6.45) is 0.876. The number of carbonyl (C=O) groups excluding carboxylic acids is 2. The Morgan fingerprint density at radius 1 is 0.676 bits per heavy atom. The van der Waals surface area contributed by atoms with Gasteiger partial charge < -0.3 is 17.7 Å². The normalized spacial score (nSPS) is 10.8. The monoisotopic (exact) mass is 602 g/mol. The highest BCUT2D eigenvalue weighted by atomic mass is 28.4. The minimum absolute atomic E-state index is 0. The zero-order chi connectivity index (χ0) is 25.0. The van der Waals surface area contributed by atoms with E-state index in [0.717, 1.165) is 12.1 Å². The van der Waals surface area contributed by atoms with Gasteiger partial charge in [-0.3, -0.25) is 9.59 Å². The van der Waals surface area contributed by atoms with Crippen molar-refractivity contribution in [2.45, 2.75) is 142 Å². The van der Waals surface area contributed by atoms with Crippen LogP contribution in [0.5, 0.6) is 0 Å². The van der Waals surface area contributed by atoms with Crippen LogP contribution in [0.4, 0.5) is 0 Å². The molecule has 0 aromatic rings. The molecule has 0 fully saturated rings. The first-order chi connectivity index (χ1) is 13.7. The van der Waals surface area contributed by atoms with E-state index in [1.54, 1.807) is 13.8 Å². The van der Waals surface area contributed by atoms with Crippen molar-refractivity contribution in [3.8, 4) is 0 Å². The van der Waals surface area contributed by atoms with Crippen molar-refractivity contribution in [3.63, 3.8) is 0 Å². The first-order valence-corrected chi connectivity index (χ1v) is 23.2. The van der Waals surface area contributed by atoms with Crippen molar-refractivity contribution in [2.24, 2.45) is 0 Å². The Hall–Kier alpha value is -0.792. The largest absolute Gasteiger partial charge is 0.458 e. The second-order valence-electron chi connectivity index (χ2n) is 10.4. The van der Waals surface area contributed by atoms with Gasteiger partial charge in [0.15, 0.2) is 34.0 Å². The minimum Gasteiger partial charge on any atom is -0.458 e. The SMILES string of the molecule is C.C.C.C.C.C.C=C(C)OC(=O)CC[SiH](C)O[Si](C)(C)C.C=C(C)OC(=O)CC[Si](C)(C)O[Si](C)(C)C. The van der Waals surface area contributed by atoms with Crippen molar-refractivity contribution in [2.75, 3.05) is 0 Å². The van der Waals surface area contributed by atoms with Gasteiger partial charge in [0, 0.05) is 12.8 Å².